The third kappa shape index (κ3) is 3.76. The fourth-order valence-electron chi connectivity index (χ4n) is 2.18. The minimum atomic E-state index is 0.0306. The summed E-state index contributed by atoms with van der Waals surface area (Å²) in [7, 11) is 0. The number of hydrogen-bond acceptors (Lipinski definition) is 2. The van der Waals surface area contributed by atoms with E-state index in [1.165, 1.54) is 0 Å². The number of anilines is 2. The van der Waals surface area contributed by atoms with Crippen LogP contribution in [0.3, 0.4) is 0 Å². The van der Waals surface area contributed by atoms with E-state index in [0.29, 0.717) is 11.6 Å². The van der Waals surface area contributed by atoms with Crippen LogP contribution in [0.4, 0.5) is 11.4 Å². The summed E-state index contributed by atoms with van der Waals surface area (Å²) in [6, 6.07) is 15.3. The highest BCUT2D eigenvalue weighted by atomic mass is 35.5. The van der Waals surface area contributed by atoms with Crippen molar-refractivity contribution in [3.05, 3.63) is 59.1 Å². The van der Waals surface area contributed by atoms with E-state index in [1.54, 1.807) is 4.90 Å². The molecular formula is C17H19ClN2O. The molecule has 4 heteroatoms. The Labute approximate surface area is 130 Å². The molecule has 1 N–H and O–H groups in total. The number of benzene rings is 2. The van der Waals surface area contributed by atoms with Gasteiger partial charge in [-0.25, -0.2) is 0 Å². The van der Waals surface area contributed by atoms with Gasteiger partial charge in [0.25, 0.3) is 0 Å². The minimum absolute atomic E-state index is 0.0306. The number of likely N-dealkylation sites (N-methyl/N-ethyl adjacent to an activating group) is 1. The van der Waals surface area contributed by atoms with Gasteiger partial charge in [0.1, 0.15) is 0 Å². The number of rotatable bonds is 5. The van der Waals surface area contributed by atoms with Crippen LogP contribution in [0, 0.1) is 6.92 Å². The number of para-hydroxylation sites is 1. The monoisotopic (exact) mass is 302 g/mol. The zero-order valence-electron chi connectivity index (χ0n) is 12.3. The van der Waals surface area contributed by atoms with Gasteiger partial charge in [-0.1, -0.05) is 35.9 Å². The molecule has 0 heterocycles. The van der Waals surface area contributed by atoms with Crippen LogP contribution in [0.2, 0.25) is 5.02 Å². The Balaban J connectivity index is 2.05. The molecular weight excluding hydrogens is 284 g/mol. The molecule has 0 aliphatic heterocycles. The quantitative estimate of drug-likeness (QED) is 0.901. The first kappa shape index (κ1) is 15.4. The Hall–Kier alpha value is -2.00. The van der Waals surface area contributed by atoms with Gasteiger partial charge < -0.3 is 10.2 Å². The van der Waals surface area contributed by atoms with Crippen molar-refractivity contribution in [2.75, 3.05) is 23.3 Å². The second kappa shape index (κ2) is 7.14. The summed E-state index contributed by atoms with van der Waals surface area (Å²) >= 11 is 6.08. The number of carbonyl (C=O) groups excluding carboxylic acids is 1. The first-order valence-corrected chi connectivity index (χ1v) is 7.35. The molecule has 0 bridgehead atoms. The van der Waals surface area contributed by atoms with Crippen molar-refractivity contribution in [2.24, 2.45) is 0 Å². The normalized spacial score (nSPS) is 10.2. The van der Waals surface area contributed by atoms with E-state index in [0.717, 1.165) is 16.9 Å². The molecule has 3 nitrogen and oxygen atoms in total. The predicted octanol–water partition coefficient (Wildman–Crippen LogP) is 4.11. The molecule has 0 saturated carbocycles. The van der Waals surface area contributed by atoms with E-state index in [9.17, 15) is 4.79 Å². The Kier molecular flexibility index (Phi) is 5.23. The molecule has 1 amide bonds. The number of nitrogens with zero attached hydrogens (tertiary/aromatic N) is 1. The van der Waals surface area contributed by atoms with Crippen LogP contribution in [0.5, 0.6) is 0 Å². The Morgan fingerprint density at radius 3 is 2.52 bits per heavy atom. The maximum Gasteiger partial charge on any atom is 0.246 e. The maximum absolute atomic E-state index is 12.4. The van der Waals surface area contributed by atoms with E-state index >= 15 is 0 Å². The predicted molar refractivity (Wildman–Crippen MR) is 89.1 cm³/mol. The highest BCUT2D eigenvalue weighted by Gasteiger charge is 2.13. The molecule has 2 aromatic carbocycles. The number of amides is 1. The van der Waals surface area contributed by atoms with E-state index in [1.807, 2.05) is 62.4 Å². The van der Waals surface area contributed by atoms with E-state index in [4.69, 9.17) is 11.6 Å². The van der Waals surface area contributed by atoms with Crippen molar-refractivity contribution in [3.8, 4) is 0 Å². The van der Waals surface area contributed by atoms with Gasteiger partial charge in [-0.3, -0.25) is 4.79 Å². The molecule has 0 aliphatic rings. The molecule has 0 spiro atoms. The fraction of sp³-hybridized carbons (Fsp3) is 0.235. The lowest BCUT2D eigenvalue weighted by atomic mass is 10.2. The van der Waals surface area contributed by atoms with Gasteiger partial charge in [0.15, 0.2) is 0 Å². The number of halogens is 1. The average molecular weight is 303 g/mol. The lowest BCUT2D eigenvalue weighted by molar-refractivity contribution is -0.116. The Bertz CT molecular complexity index is 613. The summed E-state index contributed by atoms with van der Waals surface area (Å²) < 4.78 is 0. The van der Waals surface area contributed by atoms with E-state index in [-0.39, 0.29) is 12.5 Å². The van der Waals surface area contributed by atoms with Gasteiger partial charge in [-0.05, 0) is 43.7 Å². The van der Waals surface area contributed by atoms with Crippen LogP contribution < -0.4 is 10.2 Å². The molecule has 0 radical (unpaired) electrons. The maximum atomic E-state index is 12.4. The highest BCUT2D eigenvalue weighted by Crippen LogP contribution is 2.23. The molecule has 110 valence electrons. The second-order valence-electron chi connectivity index (χ2n) is 4.74. The second-order valence-corrected chi connectivity index (χ2v) is 5.15. The highest BCUT2D eigenvalue weighted by molar-refractivity contribution is 6.31. The SMILES string of the molecule is CCN(C(=O)CNc1cccc(Cl)c1C)c1ccccc1. The number of hydrogen-bond donors (Lipinski definition) is 1. The van der Waals surface area contributed by atoms with Crippen LogP contribution in [0.15, 0.2) is 48.5 Å². The third-order valence-electron chi connectivity index (χ3n) is 3.38. The first-order chi connectivity index (χ1) is 10.1. The van der Waals surface area contributed by atoms with Gasteiger partial charge in [0, 0.05) is 22.9 Å². The lowest BCUT2D eigenvalue weighted by Crippen LogP contribution is -2.35. The summed E-state index contributed by atoms with van der Waals surface area (Å²) in [5, 5.41) is 3.86. The zero-order valence-corrected chi connectivity index (χ0v) is 13.0. The van der Waals surface area contributed by atoms with Gasteiger partial charge in [-0.15, -0.1) is 0 Å². The van der Waals surface area contributed by atoms with E-state index < -0.39 is 0 Å². The Morgan fingerprint density at radius 1 is 1.14 bits per heavy atom. The zero-order chi connectivity index (χ0) is 15.2. The molecule has 2 aromatic rings. The first-order valence-electron chi connectivity index (χ1n) is 6.98. The largest absolute Gasteiger partial charge is 0.376 e. The standard InChI is InChI=1S/C17H19ClN2O/c1-3-20(14-8-5-4-6-9-14)17(21)12-19-16-11-7-10-15(18)13(16)2/h4-11,19H,3,12H2,1-2H3. The molecule has 0 unspecified atom stereocenters. The van der Waals surface area contributed by atoms with Gasteiger partial charge in [-0.2, -0.15) is 0 Å². The lowest BCUT2D eigenvalue weighted by Gasteiger charge is -2.21. The molecule has 0 fully saturated rings. The molecule has 0 aliphatic carbocycles. The Morgan fingerprint density at radius 2 is 1.86 bits per heavy atom. The summed E-state index contributed by atoms with van der Waals surface area (Å²) in [6.07, 6.45) is 0. The fourth-order valence-corrected chi connectivity index (χ4v) is 2.35. The summed E-state index contributed by atoms with van der Waals surface area (Å²) in [4.78, 5) is 14.1. The molecule has 0 atom stereocenters. The van der Waals surface area contributed by atoms with Crippen molar-refractivity contribution in [2.45, 2.75) is 13.8 Å². The van der Waals surface area contributed by atoms with Gasteiger partial charge in [0.05, 0.1) is 6.54 Å². The summed E-state index contributed by atoms with van der Waals surface area (Å²) in [5.41, 5.74) is 2.75. The topological polar surface area (TPSA) is 32.3 Å². The third-order valence-corrected chi connectivity index (χ3v) is 3.79. The minimum Gasteiger partial charge on any atom is -0.376 e. The van der Waals surface area contributed by atoms with Crippen molar-refractivity contribution in [1.29, 1.82) is 0 Å². The number of carbonyl (C=O) groups is 1. The van der Waals surface area contributed by atoms with E-state index in [2.05, 4.69) is 5.32 Å². The van der Waals surface area contributed by atoms with Crippen LogP contribution in [-0.2, 0) is 4.79 Å². The molecule has 0 saturated heterocycles. The van der Waals surface area contributed by atoms with Crippen LogP contribution in [-0.4, -0.2) is 19.0 Å². The van der Waals surface area contributed by atoms with Crippen molar-refractivity contribution < 1.29 is 4.79 Å². The molecule has 21 heavy (non-hydrogen) atoms. The van der Waals surface area contributed by atoms with Gasteiger partial charge >= 0.3 is 0 Å². The smallest absolute Gasteiger partial charge is 0.246 e. The summed E-state index contributed by atoms with van der Waals surface area (Å²) in [5.74, 6) is 0.0306. The van der Waals surface area contributed by atoms with Crippen molar-refractivity contribution in [3.63, 3.8) is 0 Å². The van der Waals surface area contributed by atoms with Crippen LogP contribution >= 0.6 is 11.6 Å². The van der Waals surface area contributed by atoms with Crippen molar-refractivity contribution >= 4 is 28.9 Å². The molecule has 2 rings (SSSR count). The summed E-state index contributed by atoms with van der Waals surface area (Å²) in [6.45, 7) is 4.78. The van der Waals surface area contributed by atoms with Crippen molar-refractivity contribution in [1.82, 2.24) is 0 Å². The van der Waals surface area contributed by atoms with Gasteiger partial charge in [0.2, 0.25) is 5.91 Å². The van der Waals surface area contributed by atoms with Crippen LogP contribution in [0.1, 0.15) is 12.5 Å². The average Bonchev–Trinajstić information content (AvgIpc) is 2.50. The van der Waals surface area contributed by atoms with Crippen LogP contribution in [0.25, 0.3) is 0 Å². The molecule has 0 aromatic heterocycles. The number of nitrogens with one attached hydrogen (secondary N) is 1.